The molecule has 4 aliphatic rings. The van der Waals surface area contributed by atoms with Gasteiger partial charge in [-0.2, -0.15) is 0 Å². The molecule has 0 aliphatic heterocycles. The van der Waals surface area contributed by atoms with E-state index in [0.29, 0.717) is 10.8 Å². The first-order valence-electron chi connectivity index (χ1n) is 8.89. The van der Waals surface area contributed by atoms with E-state index in [2.05, 4.69) is 26.0 Å². The Kier molecular flexibility index (Phi) is 2.91. The highest BCUT2D eigenvalue weighted by molar-refractivity contribution is 5.16. The van der Waals surface area contributed by atoms with Crippen molar-refractivity contribution in [1.29, 1.82) is 0 Å². The molecule has 0 aromatic rings. The van der Waals surface area contributed by atoms with Crippen molar-refractivity contribution in [3.63, 3.8) is 0 Å². The Labute approximate surface area is 123 Å². The first-order chi connectivity index (χ1) is 9.53. The summed E-state index contributed by atoms with van der Waals surface area (Å²) >= 11 is 0. The lowest BCUT2D eigenvalue weighted by Crippen LogP contribution is -2.53. The molecular weight excluding hydrogens is 244 g/mol. The summed E-state index contributed by atoms with van der Waals surface area (Å²) in [6.07, 6.45) is 15.4. The lowest BCUT2D eigenvalue weighted by Gasteiger charge is -2.60. The van der Waals surface area contributed by atoms with E-state index in [0.717, 1.165) is 36.5 Å². The molecule has 7 atom stereocenters. The van der Waals surface area contributed by atoms with Crippen LogP contribution in [0.3, 0.4) is 0 Å². The minimum absolute atomic E-state index is 0.00775. The highest BCUT2D eigenvalue weighted by Gasteiger charge is 2.56. The molecule has 0 amide bonds. The van der Waals surface area contributed by atoms with Gasteiger partial charge in [-0.3, -0.25) is 0 Å². The number of fused-ring (bicyclic) bond motifs is 5. The molecule has 3 fully saturated rings. The third-order valence-electron chi connectivity index (χ3n) is 7.96. The molecule has 1 nitrogen and oxygen atoms in total. The quantitative estimate of drug-likeness (QED) is 0.642. The summed E-state index contributed by atoms with van der Waals surface area (Å²) in [4.78, 5) is 0. The van der Waals surface area contributed by atoms with Gasteiger partial charge in [0, 0.05) is 0 Å². The van der Waals surface area contributed by atoms with Crippen LogP contribution in [0.5, 0.6) is 0 Å². The molecule has 0 saturated heterocycles. The van der Waals surface area contributed by atoms with Crippen molar-refractivity contribution in [3.05, 3.63) is 12.2 Å². The van der Waals surface area contributed by atoms with Crippen LogP contribution in [0.1, 0.15) is 65.2 Å². The van der Waals surface area contributed by atoms with Gasteiger partial charge in [0.2, 0.25) is 0 Å². The van der Waals surface area contributed by atoms with E-state index >= 15 is 0 Å². The Hall–Kier alpha value is -0.300. The Morgan fingerprint density at radius 3 is 2.70 bits per heavy atom. The van der Waals surface area contributed by atoms with E-state index in [1.54, 1.807) is 0 Å². The van der Waals surface area contributed by atoms with Crippen molar-refractivity contribution in [1.82, 2.24) is 0 Å². The predicted molar refractivity (Wildman–Crippen MR) is 82.3 cm³/mol. The van der Waals surface area contributed by atoms with Crippen molar-refractivity contribution in [3.8, 4) is 0 Å². The molecule has 0 aromatic heterocycles. The average molecular weight is 274 g/mol. The maximum Gasteiger partial charge on any atom is 0.0543 e. The van der Waals surface area contributed by atoms with Crippen LogP contribution in [-0.4, -0.2) is 11.2 Å². The molecule has 0 spiro atoms. The van der Waals surface area contributed by atoms with Gasteiger partial charge in [-0.05, 0) is 85.9 Å². The first kappa shape index (κ1) is 13.4. The fourth-order valence-corrected chi connectivity index (χ4v) is 6.72. The van der Waals surface area contributed by atoms with Crippen LogP contribution in [0, 0.1) is 34.5 Å². The summed E-state index contributed by atoms with van der Waals surface area (Å²) in [6.45, 7) is 5.09. The lowest BCUT2D eigenvalue weighted by molar-refractivity contribution is -0.116. The third-order valence-corrected chi connectivity index (χ3v) is 7.96. The molecule has 4 aliphatic carbocycles. The Morgan fingerprint density at radius 2 is 1.85 bits per heavy atom. The van der Waals surface area contributed by atoms with Crippen molar-refractivity contribution in [2.45, 2.75) is 71.3 Å². The van der Waals surface area contributed by atoms with Crippen molar-refractivity contribution in [2.75, 3.05) is 0 Å². The Balaban J connectivity index is 1.63. The summed E-state index contributed by atoms with van der Waals surface area (Å²) in [5.41, 5.74) is 1.05. The van der Waals surface area contributed by atoms with Crippen LogP contribution in [-0.2, 0) is 0 Å². The van der Waals surface area contributed by atoms with Gasteiger partial charge in [0.1, 0.15) is 0 Å². The summed E-state index contributed by atoms with van der Waals surface area (Å²) in [7, 11) is 0. The minimum atomic E-state index is -0.00775. The highest BCUT2D eigenvalue weighted by atomic mass is 16.3. The number of aliphatic hydroxyl groups excluding tert-OH is 1. The smallest absolute Gasteiger partial charge is 0.0543 e. The second kappa shape index (κ2) is 4.35. The Bertz CT molecular complexity index is 427. The lowest BCUT2D eigenvalue weighted by atomic mass is 9.45. The monoisotopic (exact) mass is 274 g/mol. The maximum absolute atomic E-state index is 10.0. The minimum Gasteiger partial charge on any atom is -0.393 e. The van der Waals surface area contributed by atoms with E-state index in [1.807, 2.05) is 0 Å². The largest absolute Gasteiger partial charge is 0.393 e. The summed E-state index contributed by atoms with van der Waals surface area (Å²) in [5, 5.41) is 10.0. The number of aliphatic hydroxyl groups is 1. The van der Waals surface area contributed by atoms with Gasteiger partial charge in [0.25, 0.3) is 0 Å². The van der Waals surface area contributed by atoms with Crippen LogP contribution >= 0.6 is 0 Å². The van der Waals surface area contributed by atoms with Gasteiger partial charge in [-0.15, -0.1) is 0 Å². The predicted octanol–water partition coefficient (Wildman–Crippen LogP) is 4.56. The number of rotatable bonds is 0. The van der Waals surface area contributed by atoms with Gasteiger partial charge < -0.3 is 5.11 Å². The van der Waals surface area contributed by atoms with Crippen molar-refractivity contribution < 1.29 is 5.11 Å². The second-order valence-electron chi connectivity index (χ2n) is 8.77. The summed E-state index contributed by atoms with van der Waals surface area (Å²) in [5.74, 6) is 3.61. The van der Waals surface area contributed by atoms with E-state index in [1.165, 1.54) is 38.5 Å². The van der Waals surface area contributed by atoms with E-state index in [9.17, 15) is 5.11 Å². The molecule has 0 heterocycles. The summed E-state index contributed by atoms with van der Waals surface area (Å²) < 4.78 is 0. The van der Waals surface area contributed by atoms with Crippen LogP contribution in [0.25, 0.3) is 0 Å². The van der Waals surface area contributed by atoms with E-state index in [-0.39, 0.29) is 6.10 Å². The Morgan fingerprint density at radius 1 is 1.00 bits per heavy atom. The zero-order valence-electron chi connectivity index (χ0n) is 13.1. The van der Waals surface area contributed by atoms with Crippen LogP contribution in [0.2, 0.25) is 0 Å². The topological polar surface area (TPSA) is 20.2 Å². The fraction of sp³-hybridized carbons (Fsp3) is 0.895. The first-order valence-corrected chi connectivity index (χ1v) is 8.89. The second-order valence-corrected chi connectivity index (χ2v) is 8.77. The van der Waals surface area contributed by atoms with Crippen molar-refractivity contribution >= 4 is 0 Å². The van der Waals surface area contributed by atoms with Crippen molar-refractivity contribution in [2.24, 2.45) is 34.5 Å². The molecule has 3 saturated carbocycles. The molecule has 1 heteroatoms. The van der Waals surface area contributed by atoms with Gasteiger partial charge >= 0.3 is 0 Å². The average Bonchev–Trinajstić information content (AvgIpc) is 2.81. The number of hydrogen-bond donors (Lipinski definition) is 1. The molecule has 20 heavy (non-hydrogen) atoms. The normalized spacial score (nSPS) is 57.9. The molecule has 0 unspecified atom stereocenters. The molecule has 1 N–H and O–H groups in total. The number of allylic oxidation sites excluding steroid dienone is 2. The SMILES string of the molecule is C[C@]12CC[C@H](O)C[C@@H]1CC[C@@H]1[C@H]3CC=C[C@@]3(C)CC[C@@H]12. The van der Waals surface area contributed by atoms with Gasteiger partial charge in [0.05, 0.1) is 6.10 Å². The summed E-state index contributed by atoms with van der Waals surface area (Å²) in [6, 6.07) is 0. The molecule has 0 bridgehead atoms. The standard InChI is InChI=1S/C19H30O/c1-18-9-3-4-16(18)15-6-5-13-12-14(20)7-11-19(13,2)17(15)8-10-18/h3,9,13-17,20H,4-8,10-12H2,1-2H3/t13-,14-,15+,16+,17-,18-,19-/m0/s1. The van der Waals surface area contributed by atoms with Crippen LogP contribution in [0.4, 0.5) is 0 Å². The molecule has 0 aromatic carbocycles. The fourth-order valence-electron chi connectivity index (χ4n) is 6.72. The van der Waals surface area contributed by atoms with Crippen LogP contribution < -0.4 is 0 Å². The maximum atomic E-state index is 10.0. The molecule has 4 rings (SSSR count). The van der Waals surface area contributed by atoms with Gasteiger partial charge in [-0.1, -0.05) is 26.0 Å². The van der Waals surface area contributed by atoms with E-state index < -0.39 is 0 Å². The number of hydrogen-bond acceptors (Lipinski definition) is 1. The molecule has 0 radical (unpaired) electrons. The van der Waals surface area contributed by atoms with Crippen LogP contribution in [0.15, 0.2) is 12.2 Å². The zero-order valence-corrected chi connectivity index (χ0v) is 13.1. The highest BCUT2D eigenvalue weighted by Crippen LogP contribution is 2.64. The zero-order chi connectivity index (χ0) is 14.0. The van der Waals surface area contributed by atoms with E-state index in [4.69, 9.17) is 0 Å². The molecule has 112 valence electrons. The molecular formula is C19H30O. The van der Waals surface area contributed by atoms with Gasteiger partial charge in [0.15, 0.2) is 0 Å². The van der Waals surface area contributed by atoms with Gasteiger partial charge in [-0.25, -0.2) is 0 Å². The third kappa shape index (κ3) is 1.71.